The van der Waals surface area contributed by atoms with Crippen molar-refractivity contribution in [1.29, 1.82) is 5.26 Å². The van der Waals surface area contributed by atoms with Gasteiger partial charge in [0.25, 0.3) is 0 Å². The van der Waals surface area contributed by atoms with Crippen molar-refractivity contribution in [1.82, 2.24) is 10.2 Å². The minimum atomic E-state index is -3.79. The summed E-state index contributed by atoms with van der Waals surface area (Å²) in [5.41, 5.74) is 0.936. The Balaban J connectivity index is 1.63. The third-order valence-corrected chi connectivity index (χ3v) is 7.13. The molecular formula is C18H18N5O2S+. The summed E-state index contributed by atoms with van der Waals surface area (Å²) in [5, 5.41) is 18.1. The Morgan fingerprint density at radius 1 is 1.04 bits per heavy atom. The maximum absolute atomic E-state index is 13.1. The van der Waals surface area contributed by atoms with Crippen LogP contribution in [-0.2, 0) is 10.0 Å². The van der Waals surface area contributed by atoms with Gasteiger partial charge in [0.05, 0.1) is 18.6 Å². The zero-order valence-electron chi connectivity index (χ0n) is 14.0. The largest absolute Gasteiger partial charge is 0.343 e. The van der Waals surface area contributed by atoms with E-state index in [9.17, 15) is 13.7 Å². The molecule has 2 heterocycles. The van der Waals surface area contributed by atoms with Gasteiger partial charge in [-0.25, -0.2) is 0 Å². The van der Waals surface area contributed by atoms with E-state index in [-0.39, 0.29) is 18.0 Å². The lowest BCUT2D eigenvalue weighted by Crippen LogP contribution is -2.59. The summed E-state index contributed by atoms with van der Waals surface area (Å²) < 4.78 is 25.5. The van der Waals surface area contributed by atoms with E-state index in [1.54, 1.807) is 30.3 Å². The van der Waals surface area contributed by atoms with Crippen LogP contribution < -0.4 is 4.90 Å². The monoisotopic (exact) mass is 368 g/mol. The van der Waals surface area contributed by atoms with Crippen molar-refractivity contribution in [3.63, 3.8) is 0 Å². The van der Waals surface area contributed by atoms with Crippen LogP contribution in [0.15, 0.2) is 59.5 Å². The van der Waals surface area contributed by atoms with Gasteiger partial charge in [0, 0.05) is 5.39 Å². The molecule has 0 aliphatic carbocycles. The van der Waals surface area contributed by atoms with Gasteiger partial charge in [-0.2, -0.15) is 13.5 Å². The van der Waals surface area contributed by atoms with E-state index in [0.29, 0.717) is 13.1 Å². The number of H-pyrrole nitrogens is 1. The van der Waals surface area contributed by atoms with Crippen LogP contribution in [0.5, 0.6) is 0 Å². The lowest BCUT2D eigenvalue weighted by molar-refractivity contribution is -0.738. The number of sulfonamides is 1. The van der Waals surface area contributed by atoms with E-state index in [1.165, 1.54) is 0 Å². The Labute approximate surface area is 151 Å². The van der Waals surface area contributed by atoms with Gasteiger partial charge in [-0.15, -0.1) is 9.15 Å². The quantitative estimate of drug-likeness (QED) is 0.565. The second-order valence-corrected chi connectivity index (χ2v) is 8.43. The maximum Gasteiger partial charge on any atom is 0.341 e. The van der Waals surface area contributed by atoms with Crippen molar-refractivity contribution in [3.05, 3.63) is 54.6 Å². The zero-order valence-corrected chi connectivity index (χ0v) is 14.9. The number of fused-ring (bicyclic) bond motifs is 1. The lowest BCUT2D eigenvalue weighted by Gasteiger charge is -2.37. The minimum Gasteiger partial charge on any atom is -0.343 e. The van der Waals surface area contributed by atoms with Crippen LogP contribution in [0.2, 0.25) is 0 Å². The van der Waals surface area contributed by atoms with Crippen molar-refractivity contribution in [2.24, 2.45) is 0 Å². The highest BCUT2D eigenvalue weighted by Gasteiger charge is 2.47. The molecule has 1 aliphatic rings. The molecule has 0 saturated carbocycles. The molecule has 0 unspecified atom stereocenters. The van der Waals surface area contributed by atoms with Crippen molar-refractivity contribution in [2.45, 2.75) is 4.90 Å². The third-order valence-electron chi connectivity index (χ3n) is 4.90. The van der Waals surface area contributed by atoms with Gasteiger partial charge in [-0.05, 0) is 24.3 Å². The second-order valence-electron chi connectivity index (χ2n) is 6.30. The zero-order chi connectivity index (χ0) is 18.2. The molecule has 132 valence electrons. The Hall–Kier alpha value is -2.89. The molecule has 1 aromatic heterocycles. The van der Waals surface area contributed by atoms with Gasteiger partial charge in [0.2, 0.25) is 0 Å². The summed E-state index contributed by atoms with van der Waals surface area (Å²) >= 11 is 0. The number of quaternary nitrogens is 1. The van der Waals surface area contributed by atoms with Gasteiger partial charge in [-0.1, -0.05) is 30.3 Å². The number of benzene rings is 2. The van der Waals surface area contributed by atoms with Gasteiger partial charge in [0.1, 0.15) is 18.0 Å². The number of nitrogens with one attached hydrogen (secondary N) is 1. The average molecular weight is 368 g/mol. The number of nitrogens with zero attached hydrogens (tertiary/aromatic N) is 4. The lowest BCUT2D eigenvalue weighted by atomic mass is 10.2. The fourth-order valence-corrected chi connectivity index (χ4v) is 5.03. The normalized spacial score (nSPS) is 17.1. The highest BCUT2D eigenvalue weighted by Crippen LogP contribution is 2.29. The first kappa shape index (κ1) is 16.6. The van der Waals surface area contributed by atoms with Crippen LogP contribution in [0.25, 0.3) is 10.9 Å². The van der Waals surface area contributed by atoms with E-state index in [4.69, 9.17) is 0 Å². The third kappa shape index (κ3) is 2.44. The van der Waals surface area contributed by atoms with E-state index in [1.807, 2.05) is 29.2 Å². The van der Waals surface area contributed by atoms with Crippen LogP contribution in [0.4, 0.5) is 5.82 Å². The van der Waals surface area contributed by atoms with E-state index in [2.05, 4.69) is 16.4 Å². The summed E-state index contributed by atoms with van der Waals surface area (Å²) in [7, 11) is -3.79. The van der Waals surface area contributed by atoms with Gasteiger partial charge >= 0.3 is 16.2 Å². The SMILES string of the molecule is N#C[N+]1(S(=O)(=O)c2ccccc2)CCN(c2n[nH]c3ccccc23)CC1. The summed E-state index contributed by atoms with van der Waals surface area (Å²) in [6.07, 6.45) is 2.05. The smallest absolute Gasteiger partial charge is 0.341 e. The average Bonchev–Trinajstić information content (AvgIpc) is 3.13. The summed E-state index contributed by atoms with van der Waals surface area (Å²) in [6, 6.07) is 16.0. The number of nitriles is 1. The van der Waals surface area contributed by atoms with Crippen LogP contribution in [-0.4, -0.2) is 48.7 Å². The number of anilines is 1. The van der Waals surface area contributed by atoms with Crippen molar-refractivity contribution in [2.75, 3.05) is 31.1 Å². The fraction of sp³-hybridized carbons (Fsp3) is 0.222. The van der Waals surface area contributed by atoms with Crippen LogP contribution in [0.3, 0.4) is 0 Å². The van der Waals surface area contributed by atoms with E-state index >= 15 is 0 Å². The molecule has 1 aliphatic heterocycles. The number of aromatic nitrogens is 2. The molecule has 2 aromatic carbocycles. The Bertz CT molecular complexity index is 1080. The van der Waals surface area contributed by atoms with Crippen LogP contribution >= 0.6 is 0 Å². The second kappa shape index (κ2) is 6.12. The standard InChI is InChI=1S/C18H18N5O2S/c19-14-23(26(24,25)15-6-2-1-3-7-15)12-10-22(11-13-23)18-16-8-4-5-9-17(16)20-21-18/h1-9H,10-13H2,(H,20,21)/q+1. The number of piperazine rings is 1. The topological polar surface area (TPSA) is 89.8 Å². The van der Waals surface area contributed by atoms with Crippen molar-refractivity contribution >= 4 is 26.7 Å². The Morgan fingerprint density at radius 3 is 2.38 bits per heavy atom. The van der Waals surface area contributed by atoms with Gasteiger partial charge in [-0.3, -0.25) is 5.10 Å². The van der Waals surface area contributed by atoms with Gasteiger partial charge < -0.3 is 4.90 Å². The molecule has 1 saturated heterocycles. The van der Waals surface area contributed by atoms with E-state index < -0.39 is 13.9 Å². The first-order valence-corrected chi connectivity index (χ1v) is 9.78. The predicted octanol–water partition coefficient (Wildman–Crippen LogP) is 2.07. The first-order chi connectivity index (χ1) is 12.6. The van der Waals surface area contributed by atoms with Crippen LogP contribution in [0, 0.1) is 11.5 Å². The number of rotatable bonds is 3. The summed E-state index contributed by atoms with van der Waals surface area (Å²) in [5.74, 6) is 0.799. The minimum absolute atomic E-state index is 0.181. The fourth-order valence-electron chi connectivity index (χ4n) is 3.38. The highest BCUT2D eigenvalue weighted by molar-refractivity contribution is 7.86. The first-order valence-electron chi connectivity index (χ1n) is 8.34. The molecule has 0 bridgehead atoms. The molecule has 8 heteroatoms. The Kier molecular flexibility index (Phi) is 3.90. The predicted molar refractivity (Wildman–Crippen MR) is 97.5 cm³/mol. The van der Waals surface area contributed by atoms with Crippen molar-refractivity contribution < 1.29 is 12.3 Å². The van der Waals surface area contributed by atoms with Gasteiger partial charge in [0.15, 0.2) is 5.82 Å². The molecule has 0 atom stereocenters. The molecule has 1 N–H and O–H groups in total. The van der Waals surface area contributed by atoms with Crippen molar-refractivity contribution in [3.8, 4) is 6.19 Å². The molecule has 3 aromatic rings. The molecular weight excluding hydrogens is 350 g/mol. The van der Waals surface area contributed by atoms with E-state index in [0.717, 1.165) is 16.7 Å². The van der Waals surface area contributed by atoms with Crippen LogP contribution in [0.1, 0.15) is 0 Å². The molecule has 0 amide bonds. The summed E-state index contributed by atoms with van der Waals surface area (Å²) in [6.45, 7) is 1.26. The number of hydrogen-bond donors (Lipinski definition) is 1. The summed E-state index contributed by atoms with van der Waals surface area (Å²) in [4.78, 5) is 2.22. The maximum atomic E-state index is 13.1. The molecule has 4 rings (SSSR count). The molecule has 1 fully saturated rings. The number of hydrogen-bond acceptors (Lipinski definition) is 5. The molecule has 26 heavy (non-hydrogen) atoms. The molecule has 7 nitrogen and oxygen atoms in total. The molecule has 0 radical (unpaired) electrons. The highest BCUT2D eigenvalue weighted by atomic mass is 32.2. The number of para-hydroxylation sites is 1. The molecule has 0 spiro atoms. The number of aromatic amines is 1. The Morgan fingerprint density at radius 2 is 1.69 bits per heavy atom.